The number of hydrogen-bond acceptors (Lipinski definition) is 2. The number of ether oxygens (including phenoxy) is 1. The van der Waals surface area contributed by atoms with Crippen LogP contribution in [0.2, 0.25) is 0 Å². The van der Waals surface area contributed by atoms with Gasteiger partial charge < -0.3 is 4.74 Å². The van der Waals surface area contributed by atoms with Gasteiger partial charge in [0, 0.05) is 0 Å². The molecule has 0 amide bonds. The van der Waals surface area contributed by atoms with Gasteiger partial charge in [-0.15, -0.1) is 0 Å². The van der Waals surface area contributed by atoms with Gasteiger partial charge in [-0.05, 0) is 26.2 Å². The highest BCUT2D eigenvalue weighted by atomic mass is 16.5. The van der Waals surface area contributed by atoms with Gasteiger partial charge in [-0.2, -0.15) is 0 Å². The van der Waals surface area contributed by atoms with E-state index in [1.54, 1.807) is 6.92 Å². The third kappa shape index (κ3) is 1.14. The zero-order chi connectivity index (χ0) is 7.61. The van der Waals surface area contributed by atoms with Crippen molar-refractivity contribution < 1.29 is 9.53 Å². The number of carbonyl (C=O) groups is 1. The van der Waals surface area contributed by atoms with Gasteiger partial charge in [0.1, 0.15) is 5.54 Å². The quantitative estimate of drug-likeness (QED) is 0.534. The molecule has 0 atom stereocenters. The lowest BCUT2D eigenvalue weighted by molar-refractivity contribution is -0.153. The summed E-state index contributed by atoms with van der Waals surface area (Å²) < 4.78 is 4.72. The van der Waals surface area contributed by atoms with Crippen LogP contribution in [0.25, 0.3) is 0 Å². The van der Waals surface area contributed by atoms with Crippen molar-refractivity contribution in [1.29, 1.82) is 0 Å². The van der Waals surface area contributed by atoms with Crippen molar-refractivity contribution in [2.75, 3.05) is 6.61 Å². The molecular formula is C7H12NO2. The molecule has 3 heteroatoms. The molecule has 1 aliphatic rings. The van der Waals surface area contributed by atoms with Crippen molar-refractivity contribution in [2.24, 2.45) is 0 Å². The van der Waals surface area contributed by atoms with Crippen LogP contribution in [-0.2, 0) is 9.53 Å². The highest BCUT2D eigenvalue weighted by Crippen LogP contribution is 2.31. The van der Waals surface area contributed by atoms with E-state index in [-0.39, 0.29) is 5.97 Å². The Hall–Kier alpha value is -0.570. The number of hydrogen-bond donors (Lipinski definition) is 0. The first-order valence-corrected chi connectivity index (χ1v) is 3.61. The molecule has 57 valence electrons. The Labute approximate surface area is 60.5 Å². The molecule has 1 rings (SSSR count). The fraction of sp³-hybridized carbons (Fsp3) is 0.857. The monoisotopic (exact) mass is 142 g/mol. The summed E-state index contributed by atoms with van der Waals surface area (Å²) in [5, 5.41) is 0. The highest BCUT2D eigenvalue weighted by molar-refractivity contribution is 5.81. The average Bonchev–Trinajstić information content (AvgIpc) is 1.83. The third-order valence-corrected chi connectivity index (χ3v) is 1.87. The standard InChI is InChI=1S/C7H12NO2/c1-2-10-6(9)7(8)4-3-5-7/h8H,2-5H2,1H3. The van der Waals surface area contributed by atoms with Crippen molar-refractivity contribution >= 4 is 5.97 Å². The van der Waals surface area contributed by atoms with Gasteiger partial charge in [0.15, 0.2) is 0 Å². The van der Waals surface area contributed by atoms with Crippen LogP contribution < -0.4 is 5.73 Å². The number of rotatable bonds is 2. The van der Waals surface area contributed by atoms with Gasteiger partial charge in [-0.25, -0.2) is 10.5 Å². The fourth-order valence-electron chi connectivity index (χ4n) is 1.00. The Morgan fingerprint density at radius 2 is 2.30 bits per heavy atom. The number of carbonyl (C=O) groups excluding carboxylic acids is 1. The van der Waals surface area contributed by atoms with Gasteiger partial charge in [-0.1, -0.05) is 0 Å². The zero-order valence-corrected chi connectivity index (χ0v) is 6.14. The molecule has 0 saturated heterocycles. The van der Waals surface area contributed by atoms with Crippen molar-refractivity contribution in [3.8, 4) is 0 Å². The minimum atomic E-state index is -0.879. The summed E-state index contributed by atoms with van der Waals surface area (Å²) in [5.74, 6) is -0.346. The first-order valence-electron chi connectivity index (χ1n) is 3.61. The Morgan fingerprint density at radius 1 is 1.70 bits per heavy atom. The molecular weight excluding hydrogens is 130 g/mol. The van der Waals surface area contributed by atoms with E-state index in [4.69, 9.17) is 10.5 Å². The molecule has 1 N–H and O–H groups in total. The molecule has 0 unspecified atom stereocenters. The first kappa shape index (κ1) is 7.54. The van der Waals surface area contributed by atoms with E-state index < -0.39 is 5.54 Å². The second-order valence-electron chi connectivity index (χ2n) is 2.66. The summed E-state index contributed by atoms with van der Waals surface area (Å²) in [5.41, 5.74) is 6.62. The molecule has 0 aromatic rings. The van der Waals surface area contributed by atoms with Crippen LogP contribution in [0.5, 0.6) is 0 Å². The predicted octanol–water partition coefficient (Wildman–Crippen LogP) is 0.755. The Balaban J connectivity index is 2.39. The Bertz CT molecular complexity index is 141. The Kier molecular flexibility index (Phi) is 1.94. The Morgan fingerprint density at radius 3 is 2.60 bits per heavy atom. The number of nitrogens with one attached hydrogen (secondary N) is 1. The zero-order valence-electron chi connectivity index (χ0n) is 6.14. The van der Waals surface area contributed by atoms with Gasteiger partial charge in [0.05, 0.1) is 6.61 Å². The molecule has 0 aromatic carbocycles. The molecule has 1 fully saturated rings. The predicted molar refractivity (Wildman–Crippen MR) is 36.3 cm³/mol. The molecule has 3 nitrogen and oxygen atoms in total. The lowest BCUT2D eigenvalue weighted by Crippen LogP contribution is -2.47. The van der Waals surface area contributed by atoms with Gasteiger partial charge in [-0.3, -0.25) is 0 Å². The lowest BCUT2D eigenvalue weighted by atomic mass is 9.78. The summed E-state index contributed by atoms with van der Waals surface area (Å²) in [6, 6.07) is 0. The van der Waals surface area contributed by atoms with Crippen LogP contribution in [0.1, 0.15) is 26.2 Å². The molecule has 0 aromatic heterocycles. The van der Waals surface area contributed by atoms with E-state index in [0.717, 1.165) is 6.42 Å². The smallest absolute Gasteiger partial charge is 0.327 e. The molecule has 10 heavy (non-hydrogen) atoms. The summed E-state index contributed by atoms with van der Waals surface area (Å²) in [4.78, 5) is 10.9. The topological polar surface area (TPSA) is 50.1 Å². The molecule has 0 spiro atoms. The SMILES string of the molecule is CCOC(=O)C1([NH])CCC1. The highest BCUT2D eigenvalue weighted by Gasteiger charge is 2.42. The fourth-order valence-corrected chi connectivity index (χ4v) is 1.00. The van der Waals surface area contributed by atoms with E-state index >= 15 is 0 Å². The van der Waals surface area contributed by atoms with Crippen LogP contribution in [0.15, 0.2) is 0 Å². The maximum Gasteiger partial charge on any atom is 0.327 e. The van der Waals surface area contributed by atoms with E-state index in [9.17, 15) is 4.79 Å². The number of esters is 1. The van der Waals surface area contributed by atoms with Crippen molar-refractivity contribution in [1.82, 2.24) is 5.73 Å². The summed E-state index contributed by atoms with van der Waals surface area (Å²) in [7, 11) is 0. The van der Waals surface area contributed by atoms with Crippen LogP contribution >= 0.6 is 0 Å². The minimum Gasteiger partial charge on any atom is -0.465 e. The van der Waals surface area contributed by atoms with Gasteiger partial charge in [0.25, 0.3) is 0 Å². The second kappa shape index (κ2) is 2.58. The normalized spacial score (nSPS) is 21.4. The minimum absolute atomic E-state index is 0.346. The van der Waals surface area contributed by atoms with Crippen LogP contribution in [0.4, 0.5) is 0 Å². The molecule has 1 saturated carbocycles. The second-order valence-corrected chi connectivity index (χ2v) is 2.66. The summed E-state index contributed by atoms with van der Waals surface area (Å²) in [6.45, 7) is 2.15. The van der Waals surface area contributed by atoms with Crippen molar-refractivity contribution in [3.05, 3.63) is 0 Å². The third-order valence-electron chi connectivity index (χ3n) is 1.87. The lowest BCUT2D eigenvalue weighted by Gasteiger charge is -2.33. The molecule has 0 heterocycles. The molecule has 1 radical (unpaired) electrons. The van der Waals surface area contributed by atoms with Crippen LogP contribution in [-0.4, -0.2) is 18.1 Å². The first-order chi connectivity index (χ1) is 4.69. The van der Waals surface area contributed by atoms with E-state index in [1.165, 1.54) is 0 Å². The largest absolute Gasteiger partial charge is 0.465 e. The molecule has 0 bridgehead atoms. The van der Waals surface area contributed by atoms with Crippen molar-refractivity contribution in [3.63, 3.8) is 0 Å². The summed E-state index contributed by atoms with van der Waals surface area (Å²) >= 11 is 0. The van der Waals surface area contributed by atoms with E-state index in [2.05, 4.69) is 0 Å². The maximum atomic E-state index is 10.9. The maximum absolute atomic E-state index is 10.9. The van der Waals surface area contributed by atoms with E-state index in [1.807, 2.05) is 0 Å². The van der Waals surface area contributed by atoms with E-state index in [0.29, 0.717) is 19.4 Å². The summed E-state index contributed by atoms with van der Waals surface area (Å²) in [6.07, 6.45) is 2.33. The average molecular weight is 142 g/mol. The molecule has 0 aliphatic heterocycles. The van der Waals surface area contributed by atoms with Gasteiger partial charge >= 0.3 is 5.97 Å². The molecule has 1 aliphatic carbocycles. The van der Waals surface area contributed by atoms with Crippen LogP contribution in [0.3, 0.4) is 0 Å². The van der Waals surface area contributed by atoms with Crippen molar-refractivity contribution in [2.45, 2.75) is 31.7 Å². The van der Waals surface area contributed by atoms with Crippen LogP contribution in [0, 0.1) is 0 Å². The van der Waals surface area contributed by atoms with Gasteiger partial charge in [0.2, 0.25) is 0 Å².